The van der Waals surface area contributed by atoms with Crippen molar-refractivity contribution in [3.8, 4) is 0 Å². The molecule has 0 amide bonds. The van der Waals surface area contributed by atoms with Gasteiger partial charge < -0.3 is 10.5 Å². The molecule has 3 unspecified atom stereocenters. The highest BCUT2D eigenvalue weighted by Gasteiger charge is 2.24. The summed E-state index contributed by atoms with van der Waals surface area (Å²) in [7, 11) is 0. The van der Waals surface area contributed by atoms with Gasteiger partial charge in [-0.05, 0) is 36.5 Å². The lowest BCUT2D eigenvalue weighted by molar-refractivity contribution is -0.0381. The summed E-state index contributed by atoms with van der Waals surface area (Å²) in [6.45, 7) is 2.83. The summed E-state index contributed by atoms with van der Waals surface area (Å²) in [6, 6.07) is 8.30. The lowest BCUT2D eigenvalue weighted by Gasteiger charge is -2.31. The van der Waals surface area contributed by atoms with Gasteiger partial charge in [-0.1, -0.05) is 54.2 Å². The lowest BCUT2D eigenvalue weighted by Crippen LogP contribution is -2.27. The first-order chi connectivity index (χ1) is 9.22. The van der Waals surface area contributed by atoms with E-state index in [1.165, 1.54) is 37.7 Å². The zero-order valence-corrected chi connectivity index (χ0v) is 13.2. The number of halogens is 1. The van der Waals surface area contributed by atoms with Gasteiger partial charge in [-0.15, -0.1) is 0 Å². The van der Waals surface area contributed by atoms with Crippen molar-refractivity contribution >= 4 is 15.9 Å². The highest BCUT2D eigenvalue weighted by molar-refractivity contribution is 9.10. The molecule has 0 aromatic heterocycles. The minimum atomic E-state index is 0.0358. The highest BCUT2D eigenvalue weighted by Crippen LogP contribution is 2.31. The van der Waals surface area contributed by atoms with Crippen LogP contribution in [0.3, 0.4) is 0 Å². The van der Waals surface area contributed by atoms with Gasteiger partial charge in [-0.2, -0.15) is 0 Å². The van der Waals surface area contributed by atoms with Crippen molar-refractivity contribution < 1.29 is 4.74 Å². The van der Waals surface area contributed by atoms with Crippen LogP contribution in [0.15, 0.2) is 28.7 Å². The minimum Gasteiger partial charge on any atom is -0.369 e. The van der Waals surface area contributed by atoms with Crippen LogP contribution in [0.4, 0.5) is 0 Å². The van der Waals surface area contributed by atoms with Crippen LogP contribution in [0, 0.1) is 5.92 Å². The largest absolute Gasteiger partial charge is 0.369 e. The first kappa shape index (κ1) is 15.0. The van der Waals surface area contributed by atoms with E-state index in [-0.39, 0.29) is 6.10 Å². The van der Waals surface area contributed by atoms with E-state index in [1.54, 1.807) is 0 Å². The Hall–Kier alpha value is -0.380. The standard InChI is InChI=1S/C16H24BrNO/c1-2-12-4-3-5-15(10-12)19-16(11-18)13-6-8-14(17)9-7-13/h6-9,12,15-16H,2-5,10-11,18H2,1H3. The predicted octanol–water partition coefficient (Wildman–Crippen LogP) is 4.43. The van der Waals surface area contributed by atoms with Crippen molar-refractivity contribution in [3.05, 3.63) is 34.3 Å². The zero-order chi connectivity index (χ0) is 13.7. The average Bonchev–Trinajstić information content (AvgIpc) is 2.46. The Labute approximate surface area is 124 Å². The third-order valence-electron chi connectivity index (χ3n) is 4.12. The molecule has 1 aliphatic rings. The van der Waals surface area contributed by atoms with E-state index in [9.17, 15) is 0 Å². The van der Waals surface area contributed by atoms with Crippen molar-refractivity contribution in [2.24, 2.45) is 11.7 Å². The second-order valence-electron chi connectivity index (χ2n) is 5.47. The molecule has 0 saturated heterocycles. The second kappa shape index (κ2) is 7.41. The van der Waals surface area contributed by atoms with Crippen molar-refractivity contribution in [2.75, 3.05) is 6.54 Å². The number of hydrogen-bond donors (Lipinski definition) is 1. The summed E-state index contributed by atoms with van der Waals surface area (Å²) in [5.41, 5.74) is 7.08. The minimum absolute atomic E-state index is 0.0358. The van der Waals surface area contributed by atoms with Gasteiger partial charge in [0.15, 0.2) is 0 Å². The number of nitrogens with two attached hydrogens (primary N) is 1. The predicted molar refractivity (Wildman–Crippen MR) is 83.1 cm³/mol. The molecule has 106 valence electrons. The first-order valence-corrected chi connectivity index (χ1v) is 8.13. The molecule has 3 heteroatoms. The third kappa shape index (κ3) is 4.30. The van der Waals surface area contributed by atoms with Crippen molar-refractivity contribution in [2.45, 2.75) is 51.2 Å². The molecule has 1 aromatic rings. The molecule has 2 N–H and O–H groups in total. The SMILES string of the molecule is CCC1CCCC(OC(CN)c2ccc(Br)cc2)C1. The van der Waals surface area contributed by atoms with Gasteiger partial charge in [0, 0.05) is 11.0 Å². The Bertz CT molecular complexity index is 379. The molecule has 1 saturated carbocycles. The van der Waals surface area contributed by atoms with Crippen molar-refractivity contribution in [1.82, 2.24) is 0 Å². The summed E-state index contributed by atoms with van der Waals surface area (Å²) in [5.74, 6) is 0.835. The number of hydrogen-bond acceptors (Lipinski definition) is 2. The van der Waals surface area contributed by atoms with Crippen molar-refractivity contribution in [1.29, 1.82) is 0 Å². The van der Waals surface area contributed by atoms with E-state index in [2.05, 4.69) is 47.1 Å². The van der Waals surface area contributed by atoms with Gasteiger partial charge in [0.05, 0.1) is 12.2 Å². The van der Waals surface area contributed by atoms with Gasteiger partial charge >= 0.3 is 0 Å². The topological polar surface area (TPSA) is 35.2 Å². The zero-order valence-electron chi connectivity index (χ0n) is 11.6. The molecule has 0 spiro atoms. The van der Waals surface area contributed by atoms with Gasteiger partial charge in [-0.3, -0.25) is 0 Å². The molecule has 1 fully saturated rings. The smallest absolute Gasteiger partial charge is 0.0950 e. The fourth-order valence-corrected chi connectivity index (χ4v) is 3.18. The Morgan fingerprint density at radius 2 is 2.05 bits per heavy atom. The van der Waals surface area contributed by atoms with Gasteiger partial charge in [-0.25, -0.2) is 0 Å². The summed E-state index contributed by atoms with van der Waals surface area (Å²) in [6.07, 6.45) is 6.73. The first-order valence-electron chi connectivity index (χ1n) is 7.34. The summed E-state index contributed by atoms with van der Waals surface area (Å²) in [5, 5.41) is 0. The molecule has 0 aliphatic heterocycles. The van der Waals surface area contributed by atoms with Crippen LogP contribution in [0.1, 0.15) is 50.7 Å². The van der Waals surface area contributed by atoms with Crippen LogP contribution in [0.5, 0.6) is 0 Å². The van der Waals surface area contributed by atoms with Gasteiger partial charge in [0.1, 0.15) is 0 Å². The van der Waals surface area contributed by atoms with Crippen LogP contribution in [0.25, 0.3) is 0 Å². The molecule has 1 aromatic carbocycles. The van der Waals surface area contributed by atoms with E-state index in [1.807, 2.05) is 0 Å². The summed E-state index contributed by atoms with van der Waals surface area (Å²) in [4.78, 5) is 0. The maximum Gasteiger partial charge on any atom is 0.0950 e. The molecule has 19 heavy (non-hydrogen) atoms. The fourth-order valence-electron chi connectivity index (χ4n) is 2.92. The van der Waals surface area contributed by atoms with Crippen LogP contribution in [-0.4, -0.2) is 12.6 Å². The molecule has 0 heterocycles. The number of rotatable bonds is 5. The van der Waals surface area contributed by atoms with E-state index in [0.717, 1.165) is 10.4 Å². The van der Waals surface area contributed by atoms with E-state index in [0.29, 0.717) is 12.6 Å². The Balaban J connectivity index is 1.96. The average molecular weight is 326 g/mol. The molecular weight excluding hydrogens is 302 g/mol. The van der Waals surface area contributed by atoms with E-state index >= 15 is 0 Å². The second-order valence-corrected chi connectivity index (χ2v) is 6.39. The molecule has 1 aliphatic carbocycles. The van der Waals surface area contributed by atoms with Crippen LogP contribution in [0.2, 0.25) is 0 Å². The Kier molecular flexibility index (Phi) is 5.86. The molecule has 2 nitrogen and oxygen atoms in total. The molecule has 2 rings (SSSR count). The lowest BCUT2D eigenvalue weighted by atomic mass is 9.85. The summed E-state index contributed by atoms with van der Waals surface area (Å²) < 4.78 is 7.35. The third-order valence-corrected chi connectivity index (χ3v) is 4.65. The normalized spacial score (nSPS) is 25.2. The fraction of sp³-hybridized carbons (Fsp3) is 0.625. The van der Waals surface area contributed by atoms with Crippen LogP contribution in [-0.2, 0) is 4.74 Å². The Morgan fingerprint density at radius 1 is 1.32 bits per heavy atom. The molecule has 0 bridgehead atoms. The summed E-state index contributed by atoms with van der Waals surface area (Å²) >= 11 is 3.46. The van der Waals surface area contributed by atoms with E-state index < -0.39 is 0 Å². The van der Waals surface area contributed by atoms with Crippen LogP contribution < -0.4 is 5.73 Å². The van der Waals surface area contributed by atoms with E-state index in [4.69, 9.17) is 10.5 Å². The monoisotopic (exact) mass is 325 g/mol. The molecular formula is C16H24BrNO. The quantitative estimate of drug-likeness (QED) is 0.868. The van der Waals surface area contributed by atoms with Gasteiger partial charge in [0.2, 0.25) is 0 Å². The number of benzene rings is 1. The molecule has 0 radical (unpaired) electrons. The van der Waals surface area contributed by atoms with Crippen molar-refractivity contribution in [3.63, 3.8) is 0 Å². The Morgan fingerprint density at radius 3 is 2.68 bits per heavy atom. The highest BCUT2D eigenvalue weighted by atomic mass is 79.9. The van der Waals surface area contributed by atoms with Gasteiger partial charge in [0.25, 0.3) is 0 Å². The number of ether oxygens (including phenoxy) is 1. The molecule has 3 atom stereocenters. The maximum absolute atomic E-state index is 6.26. The van der Waals surface area contributed by atoms with Crippen LogP contribution >= 0.6 is 15.9 Å². The maximum atomic E-state index is 6.26.